The van der Waals surface area contributed by atoms with Crippen molar-refractivity contribution in [1.82, 2.24) is 9.78 Å². The number of carboxylic acid groups (broad SMARTS) is 1. The van der Waals surface area contributed by atoms with Gasteiger partial charge in [-0.1, -0.05) is 43.3 Å². The van der Waals surface area contributed by atoms with Crippen LogP contribution in [0.5, 0.6) is 0 Å². The second kappa shape index (κ2) is 12.0. The van der Waals surface area contributed by atoms with Gasteiger partial charge in [0.25, 0.3) is 5.91 Å². The Morgan fingerprint density at radius 3 is 2.52 bits per heavy atom. The van der Waals surface area contributed by atoms with Crippen LogP contribution < -0.4 is 10.6 Å². The van der Waals surface area contributed by atoms with Gasteiger partial charge in [-0.3, -0.25) is 28.9 Å². The van der Waals surface area contributed by atoms with Gasteiger partial charge < -0.3 is 15.7 Å². The summed E-state index contributed by atoms with van der Waals surface area (Å²) in [7, 11) is 1.79. The smallest absolute Gasteiger partial charge is 0.303 e. The Bertz CT molecular complexity index is 1720. The molecule has 2 amide bonds. The molecule has 10 heteroatoms. The summed E-state index contributed by atoms with van der Waals surface area (Å²) in [5.74, 6) is -2.33. The summed E-state index contributed by atoms with van der Waals surface area (Å²) < 4.78 is 1.67. The van der Waals surface area contributed by atoms with Crippen molar-refractivity contribution in [2.75, 3.05) is 10.6 Å². The number of carboxylic acids is 1. The molecule has 10 nitrogen and oxygen atoms in total. The number of aromatic nitrogens is 2. The van der Waals surface area contributed by atoms with E-state index in [1.807, 2.05) is 19.1 Å². The molecular weight excluding hydrogens is 534 g/mol. The normalized spacial score (nSPS) is 14.0. The maximum absolute atomic E-state index is 13.3. The molecule has 3 N–H and O–H groups in total. The van der Waals surface area contributed by atoms with Crippen molar-refractivity contribution in [3.8, 4) is 0 Å². The molecule has 0 fully saturated rings. The van der Waals surface area contributed by atoms with E-state index in [9.17, 15) is 19.2 Å². The number of ketones is 1. The number of carbonyl (C=O) groups is 4. The third-order valence-electron chi connectivity index (χ3n) is 7.08. The lowest BCUT2D eigenvalue weighted by molar-refractivity contribution is -0.137. The first-order valence-corrected chi connectivity index (χ1v) is 13.5. The molecule has 0 saturated carbocycles. The standard InChI is InChI=1S/C32H29N5O5/c1-3-24-17-28(36-37(24)2)32(42)34-23-6-4-5-20(15-23)30(40)21-10-13-25-26(31(41)35-27(25)16-21)18-33-22-11-7-19(8-12-22)9-14-29(38)39/h4-8,10-13,15-18,26H,3,9,14H2,1-2H3,(H,34,42)(H,35,41)(H,38,39). The average Bonchev–Trinajstić information content (AvgIpc) is 3.52. The molecule has 1 unspecified atom stereocenters. The number of rotatable bonds is 10. The summed E-state index contributed by atoms with van der Waals surface area (Å²) in [5, 5.41) is 18.7. The van der Waals surface area contributed by atoms with Crippen LogP contribution in [-0.2, 0) is 29.5 Å². The van der Waals surface area contributed by atoms with E-state index >= 15 is 0 Å². The fourth-order valence-electron chi connectivity index (χ4n) is 4.78. The van der Waals surface area contributed by atoms with Gasteiger partial charge in [0, 0.05) is 47.9 Å². The zero-order valence-corrected chi connectivity index (χ0v) is 23.1. The highest BCUT2D eigenvalue weighted by molar-refractivity contribution is 6.15. The van der Waals surface area contributed by atoms with Crippen LogP contribution in [0, 0.1) is 0 Å². The predicted octanol–water partition coefficient (Wildman–Crippen LogP) is 4.92. The summed E-state index contributed by atoms with van der Waals surface area (Å²) in [4.78, 5) is 54.0. The number of hydrogen-bond acceptors (Lipinski definition) is 6. The first-order valence-electron chi connectivity index (χ1n) is 13.5. The summed E-state index contributed by atoms with van der Waals surface area (Å²) in [5.41, 5.74) is 5.26. The van der Waals surface area contributed by atoms with Crippen LogP contribution in [0.15, 0.2) is 77.8 Å². The van der Waals surface area contributed by atoms with Crippen LogP contribution in [0.1, 0.15) is 62.5 Å². The van der Waals surface area contributed by atoms with E-state index in [0.29, 0.717) is 45.9 Å². The lowest BCUT2D eigenvalue weighted by atomic mass is 9.97. The molecule has 0 bridgehead atoms. The minimum atomic E-state index is -0.850. The van der Waals surface area contributed by atoms with E-state index in [1.165, 1.54) is 0 Å². The van der Waals surface area contributed by atoms with Gasteiger partial charge in [0.15, 0.2) is 11.5 Å². The molecule has 212 valence electrons. The molecule has 0 spiro atoms. The predicted molar refractivity (Wildman–Crippen MR) is 159 cm³/mol. The number of anilines is 2. The molecule has 0 radical (unpaired) electrons. The van der Waals surface area contributed by atoms with Crippen molar-refractivity contribution in [2.45, 2.75) is 32.1 Å². The number of benzene rings is 3. The van der Waals surface area contributed by atoms with Gasteiger partial charge in [-0.05, 0) is 60.4 Å². The fraction of sp³-hybridized carbons (Fsp3) is 0.188. The number of fused-ring (bicyclic) bond motifs is 1. The number of hydrogen-bond donors (Lipinski definition) is 3. The molecule has 0 aliphatic carbocycles. The zero-order valence-electron chi connectivity index (χ0n) is 23.1. The van der Waals surface area contributed by atoms with Crippen molar-refractivity contribution in [2.24, 2.45) is 12.0 Å². The van der Waals surface area contributed by atoms with Crippen molar-refractivity contribution < 1.29 is 24.3 Å². The molecule has 4 aromatic rings. The van der Waals surface area contributed by atoms with E-state index in [4.69, 9.17) is 5.11 Å². The number of aryl methyl sites for hydroxylation is 3. The Labute approximate surface area is 242 Å². The van der Waals surface area contributed by atoms with E-state index in [2.05, 4.69) is 20.7 Å². The lowest BCUT2D eigenvalue weighted by Crippen LogP contribution is -2.13. The number of aliphatic imine (C=N–C) groups is 1. The second-order valence-electron chi connectivity index (χ2n) is 9.97. The van der Waals surface area contributed by atoms with Crippen molar-refractivity contribution in [3.05, 3.63) is 106 Å². The van der Waals surface area contributed by atoms with E-state index < -0.39 is 11.9 Å². The van der Waals surface area contributed by atoms with Crippen LogP contribution in [0.25, 0.3) is 0 Å². The molecule has 5 rings (SSSR count). The highest BCUT2D eigenvalue weighted by Gasteiger charge is 2.30. The first-order chi connectivity index (χ1) is 20.2. The Morgan fingerprint density at radius 2 is 1.81 bits per heavy atom. The van der Waals surface area contributed by atoms with Crippen LogP contribution in [0.4, 0.5) is 17.1 Å². The minimum absolute atomic E-state index is 0.0555. The van der Waals surface area contributed by atoms with Gasteiger partial charge in [0.1, 0.15) is 5.92 Å². The molecule has 1 aromatic heterocycles. The van der Waals surface area contributed by atoms with Gasteiger partial charge in [0.2, 0.25) is 5.91 Å². The van der Waals surface area contributed by atoms with E-state index in [1.54, 1.807) is 78.6 Å². The van der Waals surface area contributed by atoms with Crippen LogP contribution >= 0.6 is 0 Å². The molecule has 1 aliphatic heterocycles. The maximum atomic E-state index is 13.3. The second-order valence-corrected chi connectivity index (χ2v) is 9.97. The van der Waals surface area contributed by atoms with E-state index in [-0.39, 0.29) is 24.0 Å². The van der Waals surface area contributed by atoms with Crippen LogP contribution in [-0.4, -0.2) is 44.7 Å². The quantitative estimate of drug-likeness (QED) is 0.185. The Hall–Kier alpha value is -5.38. The summed E-state index contributed by atoms with van der Waals surface area (Å²) >= 11 is 0. The van der Waals surface area contributed by atoms with Gasteiger partial charge in [-0.25, -0.2) is 0 Å². The molecule has 1 atom stereocenters. The Morgan fingerprint density at radius 1 is 1.05 bits per heavy atom. The third kappa shape index (κ3) is 6.17. The highest BCUT2D eigenvalue weighted by atomic mass is 16.4. The molecule has 42 heavy (non-hydrogen) atoms. The average molecular weight is 564 g/mol. The zero-order chi connectivity index (χ0) is 29.8. The largest absolute Gasteiger partial charge is 0.481 e. The van der Waals surface area contributed by atoms with Gasteiger partial charge in [0.05, 0.1) is 5.69 Å². The SMILES string of the molecule is CCc1cc(C(=O)Nc2cccc(C(=O)c3ccc4c(c3)NC(=O)C4C=Nc3ccc(CCC(=O)O)cc3)c2)nn1C. The van der Waals surface area contributed by atoms with E-state index in [0.717, 1.165) is 17.7 Å². The Kier molecular flexibility index (Phi) is 8.05. The lowest BCUT2D eigenvalue weighted by Gasteiger charge is -2.08. The van der Waals surface area contributed by atoms with Crippen molar-refractivity contribution >= 4 is 46.8 Å². The maximum Gasteiger partial charge on any atom is 0.303 e. The number of nitrogens with one attached hydrogen (secondary N) is 2. The number of carbonyl (C=O) groups excluding carboxylic acids is 3. The summed E-state index contributed by atoms with van der Waals surface area (Å²) in [6.07, 6.45) is 2.80. The number of aliphatic carboxylic acids is 1. The highest BCUT2D eigenvalue weighted by Crippen LogP contribution is 2.33. The molecule has 2 heterocycles. The monoisotopic (exact) mass is 563 g/mol. The molecule has 1 aliphatic rings. The van der Waals surface area contributed by atoms with Crippen molar-refractivity contribution in [3.63, 3.8) is 0 Å². The van der Waals surface area contributed by atoms with Crippen molar-refractivity contribution in [1.29, 1.82) is 0 Å². The Balaban J connectivity index is 1.28. The van der Waals surface area contributed by atoms with Gasteiger partial charge >= 0.3 is 5.97 Å². The van der Waals surface area contributed by atoms with Crippen LogP contribution in [0.3, 0.4) is 0 Å². The topological polar surface area (TPSA) is 143 Å². The number of amides is 2. The van der Waals surface area contributed by atoms with Crippen LogP contribution in [0.2, 0.25) is 0 Å². The molecule has 3 aromatic carbocycles. The molecular formula is C32H29N5O5. The minimum Gasteiger partial charge on any atom is -0.481 e. The molecule has 0 saturated heterocycles. The summed E-state index contributed by atoms with van der Waals surface area (Å²) in [6, 6.07) is 20.7. The van der Waals surface area contributed by atoms with Gasteiger partial charge in [-0.15, -0.1) is 0 Å². The summed E-state index contributed by atoms with van der Waals surface area (Å²) in [6.45, 7) is 1.99. The van der Waals surface area contributed by atoms with Gasteiger partial charge in [-0.2, -0.15) is 5.10 Å². The fourth-order valence-corrected chi connectivity index (χ4v) is 4.78. The third-order valence-corrected chi connectivity index (χ3v) is 7.08. The first kappa shape index (κ1) is 28.2. The number of nitrogens with zero attached hydrogens (tertiary/aromatic N) is 3.